The van der Waals surface area contributed by atoms with Gasteiger partial charge in [0.15, 0.2) is 4.80 Å². The Morgan fingerprint density at radius 1 is 1.26 bits per heavy atom. The maximum absolute atomic E-state index is 13.6. The zero-order valence-electron chi connectivity index (χ0n) is 19.2. The van der Waals surface area contributed by atoms with Crippen molar-refractivity contribution in [1.82, 2.24) is 4.57 Å². The summed E-state index contributed by atoms with van der Waals surface area (Å²) in [6.07, 6.45) is 1.71. The normalized spacial score (nSPS) is 15.8. The number of carbonyl (C=O) groups is 1. The molecule has 35 heavy (non-hydrogen) atoms. The molecule has 3 aromatic heterocycles. The quantitative estimate of drug-likeness (QED) is 0.341. The van der Waals surface area contributed by atoms with Crippen molar-refractivity contribution in [3.8, 4) is 11.3 Å². The van der Waals surface area contributed by atoms with Crippen molar-refractivity contribution in [3.05, 3.63) is 100 Å². The molecule has 5 rings (SSSR count). The van der Waals surface area contributed by atoms with Crippen molar-refractivity contribution >= 4 is 46.3 Å². The summed E-state index contributed by atoms with van der Waals surface area (Å²) in [6, 6.07) is 12.5. The lowest BCUT2D eigenvalue weighted by atomic mass is 10.0. The van der Waals surface area contributed by atoms with E-state index in [0.717, 1.165) is 16.0 Å². The average Bonchev–Trinajstić information content (AvgIpc) is 3.57. The Morgan fingerprint density at radius 3 is 2.83 bits per heavy atom. The Kier molecular flexibility index (Phi) is 6.35. The van der Waals surface area contributed by atoms with Gasteiger partial charge in [0.2, 0.25) is 0 Å². The molecular formula is C26H21ClN2O4S2. The maximum Gasteiger partial charge on any atom is 0.338 e. The number of nitrogens with zero attached hydrogens (tertiary/aromatic N) is 2. The molecule has 1 aliphatic heterocycles. The molecule has 0 bridgehead atoms. The van der Waals surface area contributed by atoms with Gasteiger partial charge in [-0.1, -0.05) is 35.1 Å². The standard InChI is InChI=1S/C26H21ClN2O4S2/c1-4-32-25(31)22-15(3)28-26-29(23(22)20-6-5-11-34-20)24(30)21(35-26)13-17-9-10-19(33-17)18-12-16(27)8-7-14(18)2/h5-13,23H,4H2,1-3H3/b21-13-. The van der Waals surface area contributed by atoms with E-state index in [4.69, 9.17) is 20.8 Å². The van der Waals surface area contributed by atoms with Crippen LogP contribution >= 0.6 is 34.3 Å². The number of hydrogen-bond acceptors (Lipinski definition) is 7. The van der Waals surface area contributed by atoms with E-state index in [2.05, 4.69) is 4.99 Å². The molecule has 0 N–H and O–H groups in total. The zero-order valence-corrected chi connectivity index (χ0v) is 21.6. The molecule has 4 heterocycles. The van der Waals surface area contributed by atoms with E-state index in [-0.39, 0.29) is 12.2 Å². The van der Waals surface area contributed by atoms with Crippen LogP contribution in [0.5, 0.6) is 0 Å². The van der Waals surface area contributed by atoms with Gasteiger partial charge in [-0.25, -0.2) is 9.79 Å². The number of thiophene rings is 1. The summed E-state index contributed by atoms with van der Waals surface area (Å²) in [7, 11) is 0. The summed E-state index contributed by atoms with van der Waals surface area (Å²) >= 11 is 8.91. The fourth-order valence-electron chi connectivity index (χ4n) is 4.07. The van der Waals surface area contributed by atoms with Gasteiger partial charge in [0, 0.05) is 21.5 Å². The van der Waals surface area contributed by atoms with Crippen molar-refractivity contribution in [2.45, 2.75) is 26.8 Å². The maximum atomic E-state index is 13.6. The Labute approximate surface area is 214 Å². The number of thiazole rings is 1. The van der Waals surface area contributed by atoms with Crippen molar-refractivity contribution in [3.63, 3.8) is 0 Å². The van der Waals surface area contributed by atoms with E-state index in [1.54, 1.807) is 24.5 Å². The first kappa shape index (κ1) is 23.5. The second kappa shape index (κ2) is 9.45. The molecule has 4 aromatic rings. The van der Waals surface area contributed by atoms with Crippen molar-refractivity contribution in [2.75, 3.05) is 6.61 Å². The van der Waals surface area contributed by atoms with E-state index in [9.17, 15) is 9.59 Å². The third-order valence-corrected chi connectivity index (χ3v) is 7.84. The molecule has 1 atom stereocenters. The highest BCUT2D eigenvalue weighted by atomic mass is 35.5. The molecule has 0 amide bonds. The lowest BCUT2D eigenvalue weighted by Gasteiger charge is -2.23. The molecule has 0 radical (unpaired) electrons. The van der Waals surface area contributed by atoms with Crippen LogP contribution in [0.25, 0.3) is 17.4 Å². The van der Waals surface area contributed by atoms with E-state index in [1.165, 1.54) is 22.7 Å². The van der Waals surface area contributed by atoms with Crippen LogP contribution in [0.15, 0.2) is 73.3 Å². The largest absolute Gasteiger partial charge is 0.463 e. The van der Waals surface area contributed by atoms with Crippen molar-refractivity contribution in [2.24, 2.45) is 4.99 Å². The number of benzene rings is 1. The first-order valence-electron chi connectivity index (χ1n) is 11.0. The number of rotatable bonds is 5. The van der Waals surface area contributed by atoms with Gasteiger partial charge in [-0.3, -0.25) is 9.36 Å². The SMILES string of the molecule is CCOC(=O)C1=C(C)N=c2s/c(=C\c3ccc(-c4cc(Cl)ccc4C)o3)c(=O)n2C1c1cccs1. The molecule has 1 aliphatic rings. The van der Waals surface area contributed by atoms with E-state index >= 15 is 0 Å². The third-order valence-electron chi connectivity index (χ3n) is 5.69. The Balaban J connectivity index is 1.62. The predicted octanol–water partition coefficient (Wildman–Crippen LogP) is 5.08. The molecular weight excluding hydrogens is 504 g/mol. The summed E-state index contributed by atoms with van der Waals surface area (Å²) < 4.78 is 13.4. The van der Waals surface area contributed by atoms with Gasteiger partial charge in [-0.05, 0) is 62.0 Å². The number of esters is 1. The molecule has 1 aromatic carbocycles. The van der Waals surface area contributed by atoms with Gasteiger partial charge in [-0.2, -0.15) is 0 Å². The second-order valence-electron chi connectivity index (χ2n) is 7.98. The highest BCUT2D eigenvalue weighted by Crippen LogP contribution is 2.33. The van der Waals surface area contributed by atoms with Crippen LogP contribution in [0, 0.1) is 6.92 Å². The molecule has 178 valence electrons. The van der Waals surface area contributed by atoms with Crippen molar-refractivity contribution < 1.29 is 13.9 Å². The van der Waals surface area contributed by atoms with Gasteiger partial charge >= 0.3 is 5.97 Å². The van der Waals surface area contributed by atoms with Crippen LogP contribution in [-0.4, -0.2) is 17.1 Å². The minimum atomic E-state index is -0.589. The topological polar surface area (TPSA) is 73.8 Å². The number of ether oxygens (including phenoxy) is 1. The van der Waals surface area contributed by atoms with E-state index in [0.29, 0.717) is 37.1 Å². The number of furan rings is 1. The number of aromatic nitrogens is 1. The van der Waals surface area contributed by atoms with Crippen LogP contribution in [0.4, 0.5) is 0 Å². The van der Waals surface area contributed by atoms with Crippen LogP contribution in [0.2, 0.25) is 5.02 Å². The number of allylic oxidation sites excluding steroid dienone is 1. The molecule has 0 fully saturated rings. The fraction of sp³-hybridized carbons (Fsp3) is 0.192. The van der Waals surface area contributed by atoms with E-state index in [1.807, 2.05) is 54.8 Å². The fourth-order valence-corrected chi connectivity index (χ4v) is 6.09. The first-order chi connectivity index (χ1) is 16.9. The molecule has 0 saturated carbocycles. The summed E-state index contributed by atoms with van der Waals surface area (Å²) in [4.78, 5) is 32.4. The van der Waals surface area contributed by atoms with Crippen molar-refractivity contribution in [1.29, 1.82) is 0 Å². The minimum Gasteiger partial charge on any atom is -0.463 e. The summed E-state index contributed by atoms with van der Waals surface area (Å²) in [5.74, 6) is 0.744. The molecule has 9 heteroatoms. The summed E-state index contributed by atoms with van der Waals surface area (Å²) in [5, 5.41) is 2.55. The molecule has 0 aliphatic carbocycles. The zero-order chi connectivity index (χ0) is 24.7. The number of hydrogen-bond donors (Lipinski definition) is 0. The Bertz CT molecular complexity index is 1640. The minimum absolute atomic E-state index is 0.238. The van der Waals surface area contributed by atoms with Gasteiger partial charge in [0.05, 0.1) is 22.4 Å². The Hall–Kier alpha value is -3.20. The Morgan fingerprint density at radius 2 is 2.09 bits per heavy atom. The molecule has 0 saturated heterocycles. The number of halogens is 1. The van der Waals surface area contributed by atoms with Crippen LogP contribution in [-0.2, 0) is 9.53 Å². The van der Waals surface area contributed by atoms with Crippen LogP contribution in [0.3, 0.4) is 0 Å². The second-order valence-corrected chi connectivity index (χ2v) is 10.4. The lowest BCUT2D eigenvalue weighted by molar-refractivity contribution is -0.139. The molecule has 0 spiro atoms. The number of fused-ring (bicyclic) bond motifs is 1. The molecule has 1 unspecified atom stereocenters. The summed E-state index contributed by atoms with van der Waals surface area (Å²) in [5.41, 5.74) is 2.62. The molecule has 6 nitrogen and oxygen atoms in total. The highest BCUT2D eigenvalue weighted by molar-refractivity contribution is 7.10. The number of carbonyl (C=O) groups excluding carboxylic acids is 1. The highest BCUT2D eigenvalue weighted by Gasteiger charge is 2.33. The van der Waals surface area contributed by atoms with Crippen LogP contribution < -0.4 is 14.9 Å². The van der Waals surface area contributed by atoms with Gasteiger partial charge in [0.25, 0.3) is 5.56 Å². The van der Waals surface area contributed by atoms with Gasteiger partial charge < -0.3 is 9.15 Å². The van der Waals surface area contributed by atoms with Crippen LogP contribution in [0.1, 0.15) is 36.1 Å². The predicted molar refractivity (Wildman–Crippen MR) is 139 cm³/mol. The monoisotopic (exact) mass is 524 g/mol. The number of aryl methyl sites for hydroxylation is 1. The average molecular weight is 525 g/mol. The lowest BCUT2D eigenvalue weighted by Crippen LogP contribution is -2.39. The van der Waals surface area contributed by atoms with Gasteiger partial charge in [0.1, 0.15) is 17.6 Å². The smallest absolute Gasteiger partial charge is 0.338 e. The third kappa shape index (κ3) is 4.33. The first-order valence-corrected chi connectivity index (χ1v) is 13.0. The summed E-state index contributed by atoms with van der Waals surface area (Å²) in [6.45, 7) is 5.76. The van der Waals surface area contributed by atoms with Gasteiger partial charge in [-0.15, -0.1) is 11.3 Å². The van der Waals surface area contributed by atoms with E-state index < -0.39 is 12.0 Å².